The van der Waals surface area contributed by atoms with Gasteiger partial charge in [-0.25, -0.2) is 0 Å². The summed E-state index contributed by atoms with van der Waals surface area (Å²) < 4.78 is 0. The van der Waals surface area contributed by atoms with Gasteiger partial charge in [-0.3, -0.25) is 9.59 Å². The van der Waals surface area contributed by atoms with Crippen molar-refractivity contribution < 1.29 is 9.59 Å². The molecule has 24 heavy (non-hydrogen) atoms. The standard InChI is InChI=1S/C17H13Cl2N3O2/c1-11(23)22(16-8-13(18)6-7-14(16)19)10-17(24)21-15-5-3-2-4-12(15)9-20/h2-8H,10H2,1H3,(H,21,24). The van der Waals surface area contributed by atoms with Crippen LogP contribution in [0.4, 0.5) is 11.4 Å². The van der Waals surface area contributed by atoms with E-state index in [1.807, 2.05) is 6.07 Å². The zero-order chi connectivity index (χ0) is 17.7. The number of para-hydroxylation sites is 1. The number of nitrogens with one attached hydrogen (secondary N) is 1. The van der Waals surface area contributed by atoms with Crippen LogP contribution in [0, 0.1) is 11.3 Å². The molecule has 0 saturated carbocycles. The quantitative estimate of drug-likeness (QED) is 0.898. The molecular weight excluding hydrogens is 349 g/mol. The third-order valence-electron chi connectivity index (χ3n) is 3.20. The number of carbonyl (C=O) groups excluding carboxylic acids is 2. The predicted octanol–water partition coefficient (Wildman–Crippen LogP) is 3.86. The van der Waals surface area contributed by atoms with E-state index in [1.165, 1.54) is 17.9 Å². The zero-order valence-electron chi connectivity index (χ0n) is 12.7. The van der Waals surface area contributed by atoms with Crippen LogP contribution in [0.15, 0.2) is 42.5 Å². The number of amides is 2. The summed E-state index contributed by atoms with van der Waals surface area (Å²) in [4.78, 5) is 25.4. The highest BCUT2D eigenvalue weighted by Crippen LogP contribution is 2.29. The van der Waals surface area contributed by atoms with Gasteiger partial charge in [0.05, 0.1) is 22.0 Å². The molecule has 0 aromatic heterocycles. The highest BCUT2D eigenvalue weighted by atomic mass is 35.5. The van der Waals surface area contributed by atoms with Crippen molar-refractivity contribution in [3.63, 3.8) is 0 Å². The molecule has 0 aliphatic carbocycles. The molecule has 0 bridgehead atoms. The lowest BCUT2D eigenvalue weighted by atomic mass is 10.2. The number of carbonyl (C=O) groups is 2. The monoisotopic (exact) mass is 361 g/mol. The van der Waals surface area contributed by atoms with Crippen LogP contribution in [0.25, 0.3) is 0 Å². The van der Waals surface area contributed by atoms with Crippen molar-refractivity contribution in [3.05, 3.63) is 58.1 Å². The predicted molar refractivity (Wildman–Crippen MR) is 94.3 cm³/mol. The second-order valence-electron chi connectivity index (χ2n) is 4.91. The van der Waals surface area contributed by atoms with E-state index in [0.717, 1.165) is 0 Å². The van der Waals surface area contributed by atoms with Crippen molar-refractivity contribution in [2.75, 3.05) is 16.8 Å². The first-order chi connectivity index (χ1) is 11.4. The average Bonchev–Trinajstić information content (AvgIpc) is 2.55. The number of hydrogen-bond donors (Lipinski definition) is 1. The molecule has 2 amide bonds. The van der Waals surface area contributed by atoms with Gasteiger partial charge in [0, 0.05) is 11.9 Å². The molecule has 0 radical (unpaired) electrons. The molecule has 2 aromatic rings. The van der Waals surface area contributed by atoms with Crippen LogP contribution in [0.2, 0.25) is 10.0 Å². The van der Waals surface area contributed by atoms with E-state index in [2.05, 4.69) is 5.32 Å². The summed E-state index contributed by atoms with van der Waals surface area (Å²) in [6.45, 7) is 1.07. The maximum atomic E-state index is 12.3. The molecule has 1 N–H and O–H groups in total. The molecule has 122 valence electrons. The Labute approximate surface area is 149 Å². The molecule has 0 spiro atoms. The van der Waals surface area contributed by atoms with E-state index < -0.39 is 5.91 Å². The van der Waals surface area contributed by atoms with Crippen LogP contribution < -0.4 is 10.2 Å². The molecule has 7 heteroatoms. The normalized spacial score (nSPS) is 9.92. The fourth-order valence-corrected chi connectivity index (χ4v) is 2.47. The maximum Gasteiger partial charge on any atom is 0.244 e. The van der Waals surface area contributed by atoms with Gasteiger partial charge in [-0.1, -0.05) is 35.3 Å². The number of hydrogen-bond acceptors (Lipinski definition) is 3. The Morgan fingerprint density at radius 2 is 1.92 bits per heavy atom. The largest absolute Gasteiger partial charge is 0.323 e. The van der Waals surface area contributed by atoms with E-state index in [9.17, 15) is 9.59 Å². The lowest BCUT2D eigenvalue weighted by Gasteiger charge is -2.22. The second kappa shape index (κ2) is 7.82. The first-order valence-electron chi connectivity index (χ1n) is 6.94. The Bertz CT molecular complexity index is 831. The third kappa shape index (κ3) is 4.25. The van der Waals surface area contributed by atoms with Gasteiger partial charge in [-0.15, -0.1) is 0 Å². The van der Waals surface area contributed by atoms with Gasteiger partial charge in [0.2, 0.25) is 11.8 Å². The number of benzene rings is 2. The summed E-state index contributed by atoms with van der Waals surface area (Å²) in [6, 6.07) is 13.3. The molecule has 0 unspecified atom stereocenters. The Morgan fingerprint density at radius 3 is 2.58 bits per heavy atom. The molecule has 2 rings (SSSR count). The molecular formula is C17H13Cl2N3O2. The lowest BCUT2D eigenvalue weighted by molar-refractivity contribution is -0.120. The Morgan fingerprint density at radius 1 is 1.21 bits per heavy atom. The minimum atomic E-state index is -0.455. The Hall–Kier alpha value is -2.55. The number of anilines is 2. The van der Waals surface area contributed by atoms with Crippen molar-refractivity contribution in [1.29, 1.82) is 5.26 Å². The average molecular weight is 362 g/mol. The highest BCUT2D eigenvalue weighted by molar-refractivity contribution is 6.35. The Kier molecular flexibility index (Phi) is 5.80. The summed E-state index contributed by atoms with van der Waals surface area (Å²) in [7, 11) is 0. The van der Waals surface area contributed by atoms with Crippen molar-refractivity contribution in [1.82, 2.24) is 0 Å². The third-order valence-corrected chi connectivity index (χ3v) is 3.76. The first kappa shape index (κ1) is 17.8. The van der Waals surface area contributed by atoms with E-state index >= 15 is 0 Å². The van der Waals surface area contributed by atoms with E-state index in [1.54, 1.807) is 36.4 Å². The summed E-state index contributed by atoms with van der Waals surface area (Å²) in [5, 5.41) is 12.4. The van der Waals surface area contributed by atoms with Crippen LogP contribution in [-0.2, 0) is 9.59 Å². The molecule has 0 heterocycles. The molecule has 0 saturated heterocycles. The minimum Gasteiger partial charge on any atom is -0.323 e. The van der Waals surface area contributed by atoms with Gasteiger partial charge in [0.25, 0.3) is 0 Å². The fourth-order valence-electron chi connectivity index (χ4n) is 2.08. The number of nitrogens with zero attached hydrogens (tertiary/aromatic N) is 2. The summed E-state index contributed by atoms with van der Waals surface area (Å²) in [5.74, 6) is -0.813. The lowest BCUT2D eigenvalue weighted by Crippen LogP contribution is -2.37. The zero-order valence-corrected chi connectivity index (χ0v) is 14.2. The summed E-state index contributed by atoms with van der Waals surface area (Å²) in [6.07, 6.45) is 0. The van der Waals surface area contributed by atoms with Crippen LogP contribution >= 0.6 is 23.2 Å². The maximum absolute atomic E-state index is 12.3. The molecule has 2 aromatic carbocycles. The number of nitriles is 1. The van der Waals surface area contributed by atoms with Gasteiger partial charge in [-0.2, -0.15) is 5.26 Å². The minimum absolute atomic E-state index is 0.255. The molecule has 0 atom stereocenters. The van der Waals surface area contributed by atoms with Gasteiger partial charge in [0.15, 0.2) is 0 Å². The SMILES string of the molecule is CC(=O)N(CC(=O)Nc1ccccc1C#N)c1cc(Cl)ccc1Cl. The van der Waals surface area contributed by atoms with E-state index in [-0.39, 0.29) is 12.5 Å². The van der Waals surface area contributed by atoms with Gasteiger partial charge in [-0.05, 0) is 30.3 Å². The highest BCUT2D eigenvalue weighted by Gasteiger charge is 2.19. The van der Waals surface area contributed by atoms with Crippen LogP contribution in [0.1, 0.15) is 12.5 Å². The molecule has 0 aliphatic heterocycles. The second-order valence-corrected chi connectivity index (χ2v) is 5.75. The molecule has 5 nitrogen and oxygen atoms in total. The molecule has 0 fully saturated rings. The van der Waals surface area contributed by atoms with Crippen molar-refractivity contribution >= 4 is 46.4 Å². The van der Waals surface area contributed by atoms with Gasteiger partial charge < -0.3 is 10.2 Å². The van der Waals surface area contributed by atoms with E-state index in [0.29, 0.717) is 27.0 Å². The van der Waals surface area contributed by atoms with Crippen molar-refractivity contribution in [3.8, 4) is 6.07 Å². The number of rotatable bonds is 4. The Balaban J connectivity index is 2.22. The van der Waals surface area contributed by atoms with E-state index in [4.69, 9.17) is 28.5 Å². The summed E-state index contributed by atoms with van der Waals surface area (Å²) >= 11 is 12.0. The smallest absolute Gasteiger partial charge is 0.244 e. The summed E-state index contributed by atoms with van der Waals surface area (Å²) in [5.41, 5.74) is 1.06. The number of halogens is 2. The first-order valence-corrected chi connectivity index (χ1v) is 7.70. The van der Waals surface area contributed by atoms with Gasteiger partial charge in [0.1, 0.15) is 12.6 Å². The van der Waals surface area contributed by atoms with Crippen LogP contribution in [0.3, 0.4) is 0 Å². The topological polar surface area (TPSA) is 73.2 Å². The van der Waals surface area contributed by atoms with Crippen LogP contribution in [-0.4, -0.2) is 18.4 Å². The van der Waals surface area contributed by atoms with Crippen molar-refractivity contribution in [2.45, 2.75) is 6.92 Å². The van der Waals surface area contributed by atoms with Crippen molar-refractivity contribution in [2.24, 2.45) is 0 Å². The van der Waals surface area contributed by atoms with Crippen LogP contribution in [0.5, 0.6) is 0 Å². The van der Waals surface area contributed by atoms with Gasteiger partial charge >= 0.3 is 0 Å². The fraction of sp³-hybridized carbons (Fsp3) is 0.118. The molecule has 0 aliphatic rings.